The Morgan fingerprint density at radius 1 is 0.759 bits per heavy atom. The molecule has 1 N–H and O–H groups in total. The van der Waals surface area contributed by atoms with Gasteiger partial charge >= 0.3 is 0 Å². The van der Waals surface area contributed by atoms with Crippen LogP contribution in [0.5, 0.6) is 0 Å². The quantitative estimate of drug-likeness (QED) is 0.469. The van der Waals surface area contributed by atoms with E-state index in [1.54, 1.807) is 0 Å². The summed E-state index contributed by atoms with van der Waals surface area (Å²) in [4.78, 5) is 16.6. The summed E-state index contributed by atoms with van der Waals surface area (Å²) in [6.07, 6.45) is 2.16. The first-order chi connectivity index (χ1) is 14.2. The molecule has 0 aliphatic heterocycles. The van der Waals surface area contributed by atoms with Crippen LogP contribution in [-0.2, 0) is 11.2 Å². The highest BCUT2D eigenvalue weighted by Crippen LogP contribution is 2.22. The largest absolute Gasteiger partial charge is 0.326 e. The van der Waals surface area contributed by atoms with Gasteiger partial charge in [0.05, 0.1) is 6.42 Å². The van der Waals surface area contributed by atoms with E-state index in [0.29, 0.717) is 6.42 Å². The molecular formula is C26H22N2O. The monoisotopic (exact) mass is 378 g/mol. The molecule has 4 rings (SSSR count). The van der Waals surface area contributed by atoms with Crippen molar-refractivity contribution in [1.82, 2.24) is 4.98 Å². The molecular weight excluding hydrogens is 356 g/mol. The fourth-order valence-corrected chi connectivity index (χ4v) is 3.31. The van der Waals surface area contributed by atoms with Crippen LogP contribution in [0.15, 0.2) is 97.2 Å². The van der Waals surface area contributed by atoms with E-state index in [1.807, 2.05) is 79.9 Å². The summed E-state index contributed by atoms with van der Waals surface area (Å²) < 4.78 is 0. The van der Waals surface area contributed by atoms with Crippen molar-refractivity contribution in [3.63, 3.8) is 0 Å². The maximum Gasteiger partial charge on any atom is 0.228 e. The number of aryl methyl sites for hydroxylation is 1. The lowest BCUT2D eigenvalue weighted by Crippen LogP contribution is -2.14. The number of amides is 1. The van der Waals surface area contributed by atoms with Gasteiger partial charge in [-0.15, -0.1) is 0 Å². The molecule has 142 valence electrons. The van der Waals surface area contributed by atoms with Crippen molar-refractivity contribution in [3.8, 4) is 22.3 Å². The van der Waals surface area contributed by atoms with Crippen LogP contribution < -0.4 is 5.32 Å². The first-order valence-corrected chi connectivity index (χ1v) is 9.65. The van der Waals surface area contributed by atoms with Crippen LogP contribution in [0.3, 0.4) is 0 Å². The summed E-state index contributed by atoms with van der Waals surface area (Å²) in [7, 11) is 0. The smallest absolute Gasteiger partial charge is 0.228 e. The Morgan fingerprint density at radius 3 is 2.07 bits per heavy atom. The maximum atomic E-state index is 12.4. The minimum absolute atomic E-state index is 0.0232. The highest BCUT2D eigenvalue weighted by molar-refractivity contribution is 5.92. The van der Waals surface area contributed by atoms with Gasteiger partial charge in [0.2, 0.25) is 5.91 Å². The number of rotatable bonds is 5. The van der Waals surface area contributed by atoms with Crippen molar-refractivity contribution in [1.29, 1.82) is 0 Å². The molecule has 4 aromatic rings. The SMILES string of the molecule is Cc1cc(-c2ccc(NC(=O)Cc3ccc(-c4ccccc4)cc3)cc2)ccn1. The number of anilines is 1. The Balaban J connectivity index is 1.38. The minimum Gasteiger partial charge on any atom is -0.326 e. The summed E-state index contributed by atoms with van der Waals surface area (Å²) >= 11 is 0. The molecule has 0 fully saturated rings. The van der Waals surface area contributed by atoms with E-state index in [-0.39, 0.29) is 5.91 Å². The fraction of sp³-hybridized carbons (Fsp3) is 0.0769. The lowest BCUT2D eigenvalue weighted by Gasteiger charge is -2.08. The molecule has 0 radical (unpaired) electrons. The third kappa shape index (κ3) is 4.77. The Labute approximate surface area is 171 Å². The molecule has 1 heterocycles. The molecule has 0 saturated heterocycles. The van der Waals surface area contributed by atoms with E-state index in [4.69, 9.17) is 0 Å². The molecule has 3 nitrogen and oxygen atoms in total. The zero-order chi connectivity index (χ0) is 20.1. The second-order valence-corrected chi connectivity index (χ2v) is 7.05. The Morgan fingerprint density at radius 2 is 1.38 bits per heavy atom. The first-order valence-electron chi connectivity index (χ1n) is 9.65. The summed E-state index contributed by atoms with van der Waals surface area (Å²) in [5.41, 5.74) is 7.32. The molecule has 0 aliphatic rings. The maximum absolute atomic E-state index is 12.4. The van der Waals surface area contributed by atoms with Crippen molar-refractivity contribution >= 4 is 11.6 Å². The Hall–Kier alpha value is -3.72. The van der Waals surface area contributed by atoms with Crippen LogP contribution in [0, 0.1) is 6.92 Å². The highest BCUT2D eigenvalue weighted by atomic mass is 16.1. The Bertz CT molecular complexity index is 1100. The number of hydrogen-bond donors (Lipinski definition) is 1. The van der Waals surface area contributed by atoms with E-state index < -0.39 is 0 Å². The van der Waals surface area contributed by atoms with E-state index in [1.165, 1.54) is 5.56 Å². The number of benzene rings is 3. The lowest BCUT2D eigenvalue weighted by atomic mass is 10.0. The van der Waals surface area contributed by atoms with Gasteiger partial charge in [-0.1, -0.05) is 66.7 Å². The summed E-state index contributed by atoms with van der Waals surface area (Å²) in [6, 6.07) is 30.3. The van der Waals surface area contributed by atoms with Gasteiger partial charge in [-0.3, -0.25) is 9.78 Å². The number of carbonyl (C=O) groups excluding carboxylic acids is 1. The molecule has 1 aromatic heterocycles. The fourth-order valence-electron chi connectivity index (χ4n) is 3.31. The number of aromatic nitrogens is 1. The number of pyridine rings is 1. The van der Waals surface area contributed by atoms with Gasteiger partial charge in [0.15, 0.2) is 0 Å². The summed E-state index contributed by atoms with van der Waals surface area (Å²) in [5, 5.41) is 2.98. The second kappa shape index (κ2) is 8.53. The predicted octanol–water partition coefficient (Wildman–Crippen LogP) is 5.91. The van der Waals surface area contributed by atoms with Crippen molar-refractivity contribution in [3.05, 3.63) is 108 Å². The van der Waals surface area contributed by atoms with Gasteiger partial charge in [0, 0.05) is 17.6 Å². The molecule has 0 unspecified atom stereocenters. The molecule has 29 heavy (non-hydrogen) atoms. The standard InChI is InChI=1S/C26H22N2O/c1-19-17-24(15-16-27-19)23-11-13-25(14-12-23)28-26(29)18-20-7-9-22(10-8-20)21-5-3-2-4-6-21/h2-17H,18H2,1H3,(H,28,29). The highest BCUT2D eigenvalue weighted by Gasteiger charge is 2.06. The molecule has 1 amide bonds. The van der Waals surface area contributed by atoms with Gasteiger partial charge in [-0.05, 0) is 59.0 Å². The molecule has 3 heteroatoms. The summed E-state index contributed by atoms with van der Waals surface area (Å²) in [5.74, 6) is -0.0232. The van der Waals surface area contributed by atoms with Crippen molar-refractivity contribution in [2.24, 2.45) is 0 Å². The normalized spacial score (nSPS) is 10.5. The number of carbonyl (C=O) groups is 1. The molecule has 0 aliphatic carbocycles. The van der Waals surface area contributed by atoms with Crippen molar-refractivity contribution in [2.45, 2.75) is 13.3 Å². The average Bonchev–Trinajstić information content (AvgIpc) is 2.75. The molecule has 0 atom stereocenters. The van der Waals surface area contributed by atoms with E-state index >= 15 is 0 Å². The lowest BCUT2D eigenvalue weighted by molar-refractivity contribution is -0.115. The van der Waals surface area contributed by atoms with Gasteiger partial charge < -0.3 is 5.32 Å². The van der Waals surface area contributed by atoms with Crippen molar-refractivity contribution in [2.75, 3.05) is 5.32 Å². The summed E-state index contributed by atoms with van der Waals surface area (Å²) in [6.45, 7) is 1.98. The molecule has 0 bridgehead atoms. The van der Waals surface area contributed by atoms with Crippen LogP contribution >= 0.6 is 0 Å². The molecule has 0 saturated carbocycles. The van der Waals surface area contributed by atoms with E-state index in [2.05, 4.69) is 34.6 Å². The van der Waals surface area contributed by atoms with Gasteiger partial charge in [-0.2, -0.15) is 0 Å². The van der Waals surface area contributed by atoms with Crippen LogP contribution in [0.25, 0.3) is 22.3 Å². The zero-order valence-electron chi connectivity index (χ0n) is 16.3. The zero-order valence-corrected chi connectivity index (χ0v) is 16.3. The third-order valence-electron chi connectivity index (χ3n) is 4.82. The van der Waals surface area contributed by atoms with Gasteiger partial charge in [0.25, 0.3) is 0 Å². The van der Waals surface area contributed by atoms with Crippen LogP contribution in [0.1, 0.15) is 11.3 Å². The van der Waals surface area contributed by atoms with Crippen LogP contribution in [0.4, 0.5) is 5.69 Å². The Kier molecular flexibility index (Phi) is 5.48. The average molecular weight is 378 g/mol. The molecule has 0 spiro atoms. The van der Waals surface area contributed by atoms with E-state index in [0.717, 1.165) is 33.6 Å². The third-order valence-corrected chi connectivity index (χ3v) is 4.82. The number of nitrogens with one attached hydrogen (secondary N) is 1. The van der Waals surface area contributed by atoms with E-state index in [9.17, 15) is 4.79 Å². The number of hydrogen-bond acceptors (Lipinski definition) is 2. The molecule has 3 aromatic carbocycles. The van der Waals surface area contributed by atoms with Crippen molar-refractivity contribution < 1.29 is 4.79 Å². The second-order valence-electron chi connectivity index (χ2n) is 7.05. The number of nitrogens with zero attached hydrogens (tertiary/aromatic N) is 1. The van der Waals surface area contributed by atoms with Gasteiger partial charge in [-0.25, -0.2) is 0 Å². The minimum atomic E-state index is -0.0232. The first kappa shape index (κ1) is 18.6. The predicted molar refractivity (Wildman–Crippen MR) is 119 cm³/mol. The van der Waals surface area contributed by atoms with Crippen LogP contribution in [-0.4, -0.2) is 10.9 Å². The van der Waals surface area contributed by atoms with Crippen LogP contribution in [0.2, 0.25) is 0 Å². The topological polar surface area (TPSA) is 42.0 Å². The van der Waals surface area contributed by atoms with Gasteiger partial charge in [0.1, 0.15) is 0 Å².